The van der Waals surface area contributed by atoms with Crippen molar-refractivity contribution in [1.29, 1.82) is 0 Å². The average Bonchev–Trinajstić information content (AvgIpc) is 2.13. The highest BCUT2D eigenvalue weighted by molar-refractivity contribution is 5.37. The van der Waals surface area contributed by atoms with E-state index in [0.717, 1.165) is 12.1 Å². The largest absolute Gasteiger partial charge is 0.416 e. The number of halogens is 3. The highest BCUT2D eigenvalue weighted by Crippen LogP contribution is 2.36. The fourth-order valence-corrected chi connectivity index (χ4v) is 1.75. The summed E-state index contributed by atoms with van der Waals surface area (Å²) in [5.74, 6) is 0. The van der Waals surface area contributed by atoms with E-state index in [9.17, 15) is 18.3 Å². The predicted octanol–water partition coefficient (Wildman–Crippen LogP) is 2.23. The molecule has 0 spiro atoms. The van der Waals surface area contributed by atoms with Crippen LogP contribution in [0.1, 0.15) is 16.7 Å². The van der Waals surface area contributed by atoms with Crippen molar-refractivity contribution in [2.24, 2.45) is 0 Å². The van der Waals surface area contributed by atoms with Crippen LogP contribution in [0.25, 0.3) is 0 Å². The summed E-state index contributed by atoms with van der Waals surface area (Å²) in [7, 11) is 0. The van der Waals surface area contributed by atoms with Crippen LogP contribution < -0.4 is 0 Å². The van der Waals surface area contributed by atoms with Gasteiger partial charge in [0.05, 0.1) is 18.8 Å². The lowest BCUT2D eigenvalue weighted by Gasteiger charge is -2.38. The minimum absolute atomic E-state index is 0.0507. The molecule has 88 valence electrons. The number of ether oxygens (including phenoxy) is 1. The molecule has 0 radical (unpaired) electrons. The first-order valence-corrected chi connectivity index (χ1v) is 4.81. The number of rotatable bonds is 1. The number of alkyl halides is 3. The third-order valence-electron chi connectivity index (χ3n) is 2.75. The fraction of sp³-hybridized carbons (Fsp3) is 0.455. The summed E-state index contributed by atoms with van der Waals surface area (Å²) < 4.78 is 42.3. The van der Waals surface area contributed by atoms with E-state index in [4.69, 9.17) is 4.74 Å². The summed E-state index contributed by atoms with van der Waals surface area (Å²) in [5, 5.41) is 9.96. The number of benzene rings is 1. The van der Waals surface area contributed by atoms with Crippen molar-refractivity contribution in [2.75, 3.05) is 13.2 Å². The summed E-state index contributed by atoms with van der Waals surface area (Å²) in [6.07, 6.45) is -4.39. The average molecular weight is 232 g/mol. The van der Waals surface area contributed by atoms with Gasteiger partial charge < -0.3 is 9.84 Å². The summed E-state index contributed by atoms with van der Waals surface area (Å²) in [4.78, 5) is 0. The standard InChI is InChI=1S/C11H11F3O2/c1-7-2-3-8(11(12,13)14)4-9(7)10(15)5-16-6-10/h2-4,15H,5-6H2,1H3. The van der Waals surface area contributed by atoms with E-state index in [1.165, 1.54) is 6.07 Å². The molecule has 1 heterocycles. The van der Waals surface area contributed by atoms with Crippen LogP contribution in [0, 0.1) is 6.92 Å². The van der Waals surface area contributed by atoms with E-state index < -0.39 is 17.3 Å². The maximum atomic E-state index is 12.5. The summed E-state index contributed by atoms with van der Waals surface area (Å²) in [6.45, 7) is 1.77. The Kier molecular flexibility index (Phi) is 2.47. The SMILES string of the molecule is Cc1ccc(C(F)(F)F)cc1C1(O)COC1. The van der Waals surface area contributed by atoms with Gasteiger partial charge in [-0.1, -0.05) is 6.07 Å². The zero-order chi connectivity index (χ0) is 12.0. The zero-order valence-corrected chi connectivity index (χ0v) is 8.64. The van der Waals surface area contributed by atoms with Crippen LogP contribution in [-0.2, 0) is 16.5 Å². The Bertz CT molecular complexity index is 408. The predicted molar refractivity (Wildman–Crippen MR) is 50.9 cm³/mol. The molecule has 1 aromatic carbocycles. The number of hydrogen-bond donors (Lipinski definition) is 1. The smallest absolute Gasteiger partial charge is 0.380 e. The molecule has 1 aliphatic rings. The van der Waals surface area contributed by atoms with Gasteiger partial charge in [0.15, 0.2) is 0 Å². The van der Waals surface area contributed by atoms with Crippen LogP contribution in [0.4, 0.5) is 13.2 Å². The van der Waals surface area contributed by atoms with E-state index >= 15 is 0 Å². The van der Waals surface area contributed by atoms with Crippen LogP contribution >= 0.6 is 0 Å². The van der Waals surface area contributed by atoms with Crippen LogP contribution in [-0.4, -0.2) is 18.3 Å². The lowest BCUT2D eigenvalue weighted by atomic mass is 9.87. The molecular formula is C11H11F3O2. The molecule has 0 atom stereocenters. The molecule has 1 saturated heterocycles. The van der Waals surface area contributed by atoms with E-state index in [1.54, 1.807) is 6.92 Å². The van der Waals surface area contributed by atoms with Gasteiger partial charge in [-0.3, -0.25) is 0 Å². The van der Waals surface area contributed by atoms with Crippen LogP contribution in [0.5, 0.6) is 0 Å². The van der Waals surface area contributed by atoms with Crippen molar-refractivity contribution in [2.45, 2.75) is 18.7 Å². The lowest BCUT2D eigenvalue weighted by molar-refractivity contribution is -0.185. The summed E-state index contributed by atoms with van der Waals surface area (Å²) in [6, 6.07) is 3.38. The molecule has 5 heteroatoms. The normalized spacial score (nSPS) is 19.3. The van der Waals surface area contributed by atoms with Crippen molar-refractivity contribution in [3.63, 3.8) is 0 Å². The Hall–Kier alpha value is -1.07. The molecule has 2 nitrogen and oxygen atoms in total. The van der Waals surface area contributed by atoms with Gasteiger partial charge in [0.2, 0.25) is 0 Å². The Morgan fingerprint density at radius 1 is 1.31 bits per heavy atom. The van der Waals surface area contributed by atoms with Gasteiger partial charge in [-0.25, -0.2) is 0 Å². The third kappa shape index (κ3) is 1.81. The van der Waals surface area contributed by atoms with E-state index in [0.29, 0.717) is 11.1 Å². The monoisotopic (exact) mass is 232 g/mol. The molecule has 0 unspecified atom stereocenters. The molecule has 16 heavy (non-hydrogen) atoms. The summed E-state index contributed by atoms with van der Waals surface area (Å²) >= 11 is 0. The van der Waals surface area contributed by atoms with Crippen molar-refractivity contribution >= 4 is 0 Å². The molecule has 0 saturated carbocycles. The van der Waals surface area contributed by atoms with Gasteiger partial charge in [0.25, 0.3) is 0 Å². The molecular weight excluding hydrogens is 221 g/mol. The van der Waals surface area contributed by atoms with E-state index in [1.807, 2.05) is 0 Å². The Balaban J connectivity index is 2.45. The van der Waals surface area contributed by atoms with Crippen LogP contribution in [0.2, 0.25) is 0 Å². The second-order valence-electron chi connectivity index (χ2n) is 4.05. The van der Waals surface area contributed by atoms with Gasteiger partial charge in [0.1, 0.15) is 5.60 Å². The number of hydrogen-bond acceptors (Lipinski definition) is 2. The third-order valence-corrected chi connectivity index (χ3v) is 2.75. The van der Waals surface area contributed by atoms with Crippen molar-refractivity contribution in [1.82, 2.24) is 0 Å². The maximum Gasteiger partial charge on any atom is 0.416 e. The number of aliphatic hydroxyl groups is 1. The molecule has 0 amide bonds. The highest BCUT2D eigenvalue weighted by Gasteiger charge is 2.41. The Labute approximate surface area is 90.7 Å². The minimum atomic E-state index is -4.39. The fourth-order valence-electron chi connectivity index (χ4n) is 1.75. The van der Waals surface area contributed by atoms with Gasteiger partial charge in [-0.15, -0.1) is 0 Å². The lowest BCUT2D eigenvalue weighted by Crippen LogP contribution is -2.47. The van der Waals surface area contributed by atoms with Gasteiger partial charge in [0, 0.05) is 0 Å². The topological polar surface area (TPSA) is 29.5 Å². The van der Waals surface area contributed by atoms with Crippen molar-refractivity contribution < 1.29 is 23.0 Å². The minimum Gasteiger partial charge on any atom is -0.380 e. The van der Waals surface area contributed by atoms with Gasteiger partial charge >= 0.3 is 6.18 Å². The molecule has 1 aliphatic heterocycles. The van der Waals surface area contributed by atoms with Gasteiger partial charge in [-0.05, 0) is 30.2 Å². The van der Waals surface area contributed by atoms with Crippen LogP contribution in [0.3, 0.4) is 0 Å². The second kappa shape index (κ2) is 3.46. The van der Waals surface area contributed by atoms with E-state index in [2.05, 4.69) is 0 Å². The van der Waals surface area contributed by atoms with E-state index in [-0.39, 0.29) is 13.2 Å². The highest BCUT2D eigenvalue weighted by atomic mass is 19.4. The maximum absolute atomic E-state index is 12.5. The van der Waals surface area contributed by atoms with Gasteiger partial charge in [-0.2, -0.15) is 13.2 Å². The molecule has 1 aromatic rings. The first-order valence-electron chi connectivity index (χ1n) is 4.81. The molecule has 0 aliphatic carbocycles. The first kappa shape index (κ1) is 11.4. The summed E-state index contributed by atoms with van der Waals surface area (Å²) in [5.41, 5.74) is -1.06. The van der Waals surface area contributed by atoms with Crippen molar-refractivity contribution in [3.8, 4) is 0 Å². The Morgan fingerprint density at radius 3 is 2.38 bits per heavy atom. The van der Waals surface area contributed by atoms with Crippen LogP contribution in [0.15, 0.2) is 18.2 Å². The number of aryl methyl sites for hydroxylation is 1. The zero-order valence-electron chi connectivity index (χ0n) is 8.64. The molecule has 1 N–H and O–H groups in total. The first-order chi connectivity index (χ1) is 7.33. The molecule has 0 bridgehead atoms. The Morgan fingerprint density at radius 2 is 1.94 bits per heavy atom. The van der Waals surface area contributed by atoms with Crippen molar-refractivity contribution in [3.05, 3.63) is 34.9 Å². The quantitative estimate of drug-likeness (QED) is 0.804. The molecule has 0 aromatic heterocycles. The molecule has 2 rings (SSSR count). The molecule has 1 fully saturated rings. The second-order valence-corrected chi connectivity index (χ2v) is 4.05.